The predicted molar refractivity (Wildman–Crippen MR) is 65.1 cm³/mol. The standard InChI is InChI=1S/C12H19N3O/c1-10(6-5-8-13)12(16)15(2)11-7-3-4-9-14-11/h3-4,7,9-10H,5-6,8,13H2,1-2H3. The van der Waals surface area contributed by atoms with Crippen molar-refractivity contribution in [2.75, 3.05) is 18.5 Å². The van der Waals surface area contributed by atoms with Crippen molar-refractivity contribution in [2.45, 2.75) is 19.8 Å². The van der Waals surface area contributed by atoms with Crippen LogP contribution < -0.4 is 10.6 Å². The van der Waals surface area contributed by atoms with Gasteiger partial charge in [-0.3, -0.25) is 9.69 Å². The maximum atomic E-state index is 12.0. The fourth-order valence-electron chi connectivity index (χ4n) is 1.54. The molecular weight excluding hydrogens is 202 g/mol. The summed E-state index contributed by atoms with van der Waals surface area (Å²) in [6, 6.07) is 5.53. The van der Waals surface area contributed by atoms with Gasteiger partial charge in [0.25, 0.3) is 0 Å². The Morgan fingerprint density at radius 1 is 1.56 bits per heavy atom. The van der Waals surface area contributed by atoms with Crippen LogP contribution >= 0.6 is 0 Å². The van der Waals surface area contributed by atoms with Crippen LogP contribution in [0.4, 0.5) is 5.82 Å². The molecule has 2 N–H and O–H groups in total. The highest BCUT2D eigenvalue weighted by molar-refractivity contribution is 5.93. The maximum Gasteiger partial charge on any atom is 0.230 e. The maximum absolute atomic E-state index is 12.0. The molecule has 0 aromatic carbocycles. The van der Waals surface area contributed by atoms with Crippen LogP contribution in [0.15, 0.2) is 24.4 Å². The summed E-state index contributed by atoms with van der Waals surface area (Å²) in [5.41, 5.74) is 5.43. The van der Waals surface area contributed by atoms with Crippen LogP contribution in [0, 0.1) is 5.92 Å². The molecule has 0 fully saturated rings. The Morgan fingerprint density at radius 3 is 2.88 bits per heavy atom. The monoisotopic (exact) mass is 221 g/mol. The summed E-state index contributed by atoms with van der Waals surface area (Å²) < 4.78 is 0. The zero-order valence-corrected chi connectivity index (χ0v) is 9.89. The lowest BCUT2D eigenvalue weighted by molar-refractivity contribution is -0.121. The Labute approximate surface area is 96.5 Å². The third kappa shape index (κ3) is 3.31. The van der Waals surface area contributed by atoms with Crippen LogP contribution in [-0.2, 0) is 4.79 Å². The van der Waals surface area contributed by atoms with Gasteiger partial charge in [0, 0.05) is 19.2 Å². The Morgan fingerprint density at radius 2 is 2.31 bits per heavy atom. The van der Waals surface area contributed by atoms with Crippen molar-refractivity contribution in [1.82, 2.24) is 4.98 Å². The highest BCUT2D eigenvalue weighted by atomic mass is 16.2. The van der Waals surface area contributed by atoms with E-state index < -0.39 is 0 Å². The third-order valence-corrected chi connectivity index (χ3v) is 2.59. The van der Waals surface area contributed by atoms with Gasteiger partial charge in [-0.15, -0.1) is 0 Å². The van der Waals surface area contributed by atoms with Crippen molar-refractivity contribution in [3.63, 3.8) is 0 Å². The number of carbonyl (C=O) groups is 1. The van der Waals surface area contributed by atoms with Gasteiger partial charge >= 0.3 is 0 Å². The van der Waals surface area contributed by atoms with Crippen LogP contribution in [-0.4, -0.2) is 24.5 Å². The van der Waals surface area contributed by atoms with E-state index in [1.807, 2.05) is 25.1 Å². The molecular formula is C12H19N3O. The molecule has 0 aliphatic heterocycles. The summed E-state index contributed by atoms with van der Waals surface area (Å²) in [6.07, 6.45) is 3.39. The Balaban J connectivity index is 2.60. The molecule has 1 heterocycles. The van der Waals surface area contributed by atoms with Gasteiger partial charge in [-0.25, -0.2) is 4.98 Å². The van der Waals surface area contributed by atoms with Crippen molar-refractivity contribution >= 4 is 11.7 Å². The summed E-state index contributed by atoms with van der Waals surface area (Å²) in [4.78, 5) is 17.7. The number of nitrogens with zero attached hydrogens (tertiary/aromatic N) is 2. The largest absolute Gasteiger partial charge is 0.330 e. The number of nitrogens with two attached hydrogens (primary N) is 1. The van der Waals surface area contributed by atoms with Crippen LogP contribution in [0.25, 0.3) is 0 Å². The first-order chi connectivity index (χ1) is 7.66. The molecule has 1 aromatic heterocycles. The van der Waals surface area contributed by atoms with Gasteiger partial charge in [0.05, 0.1) is 0 Å². The molecule has 0 saturated heterocycles. The van der Waals surface area contributed by atoms with Crippen LogP contribution in [0.5, 0.6) is 0 Å². The Hall–Kier alpha value is -1.42. The van der Waals surface area contributed by atoms with Crippen molar-refractivity contribution in [3.05, 3.63) is 24.4 Å². The highest BCUT2D eigenvalue weighted by Gasteiger charge is 2.18. The number of hydrogen-bond acceptors (Lipinski definition) is 3. The van der Waals surface area contributed by atoms with E-state index in [9.17, 15) is 4.79 Å². The van der Waals surface area contributed by atoms with E-state index in [0.29, 0.717) is 12.4 Å². The number of amides is 1. The fraction of sp³-hybridized carbons (Fsp3) is 0.500. The van der Waals surface area contributed by atoms with E-state index in [1.54, 1.807) is 18.1 Å². The molecule has 1 atom stereocenters. The van der Waals surface area contributed by atoms with Gasteiger partial charge in [-0.2, -0.15) is 0 Å². The van der Waals surface area contributed by atoms with Gasteiger partial charge in [-0.1, -0.05) is 13.0 Å². The number of anilines is 1. The Kier molecular flexibility index (Phi) is 4.92. The molecule has 1 aromatic rings. The predicted octanol–water partition coefficient (Wildman–Crippen LogP) is 1.42. The lowest BCUT2D eigenvalue weighted by atomic mass is 10.0. The van der Waals surface area contributed by atoms with Crippen molar-refractivity contribution in [3.8, 4) is 0 Å². The van der Waals surface area contributed by atoms with Gasteiger partial charge < -0.3 is 5.73 Å². The minimum Gasteiger partial charge on any atom is -0.330 e. The third-order valence-electron chi connectivity index (χ3n) is 2.59. The molecule has 0 aliphatic carbocycles. The molecule has 16 heavy (non-hydrogen) atoms. The zero-order valence-electron chi connectivity index (χ0n) is 9.89. The summed E-state index contributed by atoms with van der Waals surface area (Å²) in [5, 5.41) is 0. The van der Waals surface area contributed by atoms with E-state index in [-0.39, 0.29) is 11.8 Å². The van der Waals surface area contributed by atoms with E-state index >= 15 is 0 Å². The average molecular weight is 221 g/mol. The van der Waals surface area contributed by atoms with Crippen LogP contribution in [0.3, 0.4) is 0 Å². The number of hydrogen-bond donors (Lipinski definition) is 1. The molecule has 0 radical (unpaired) electrons. The smallest absolute Gasteiger partial charge is 0.230 e. The first-order valence-electron chi connectivity index (χ1n) is 5.55. The normalized spacial score (nSPS) is 12.2. The summed E-state index contributed by atoms with van der Waals surface area (Å²) in [5.74, 6) is 0.773. The lowest BCUT2D eigenvalue weighted by Gasteiger charge is -2.20. The van der Waals surface area contributed by atoms with Crippen molar-refractivity contribution in [2.24, 2.45) is 11.7 Å². The first kappa shape index (κ1) is 12.6. The average Bonchev–Trinajstić information content (AvgIpc) is 2.35. The molecule has 1 unspecified atom stereocenters. The molecule has 1 amide bonds. The molecule has 4 heteroatoms. The van der Waals surface area contributed by atoms with Gasteiger partial charge in [0.15, 0.2) is 0 Å². The lowest BCUT2D eigenvalue weighted by Crippen LogP contribution is -2.32. The fourth-order valence-corrected chi connectivity index (χ4v) is 1.54. The zero-order chi connectivity index (χ0) is 12.0. The van der Waals surface area contributed by atoms with E-state index in [0.717, 1.165) is 12.8 Å². The van der Waals surface area contributed by atoms with Crippen LogP contribution in [0.2, 0.25) is 0 Å². The van der Waals surface area contributed by atoms with Gasteiger partial charge in [0.2, 0.25) is 5.91 Å². The topological polar surface area (TPSA) is 59.2 Å². The Bertz CT molecular complexity index is 326. The molecule has 88 valence electrons. The molecule has 0 bridgehead atoms. The molecule has 1 rings (SSSR count). The summed E-state index contributed by atoms with van der Waals surface area (Å²) in [7, 11) is 1.75. The molecule has 4 nitrogen and oxygen atoms in total. The molecule has 0 saturated carbocycles. The quantitative estimate of drug-likeness (QED) is 0.818. The number of carbonyl (C=O) groups excluding carboxylic acids is 1. The minimum absolute atomic E-state index is 0.00411. The van der Waals surface area contributed by atoms with Gasteiger partial charge in [0.1, 0.15) is 5.82 Å². The van der Waals surface area contributed by atoms with E-state index in [2.05, 4.69) is 4.98 Å². The second-order valence-electron chi connectivity index (χ2n) is 3.92. The number of pyridine rings is 1. The second-order valence-corrected chi connectivity index (χ2v) is 3.92. The van der Waals surface area contributed by atoms with Gasteiger partial charge in [-0.05, 0) is 31.5 Å². The number of aromatic nitrogens is 1. The molecule has 0 spiro atoms. The number of rotatable bonds is 5. The minimum atomic E-state index is -0.00411. The highest BCUT2D eigenvalue weighted by Crippen LogP contribution is 2.14. The van der Waals surface area contributed by atoms with E-state index in [4.69, 9.17) is 5.73 Å². The van der Waals surface area contributed by atoms with Crippen molar-refractivity contribution < 1.29 is 4.79 Å². The molecule has 0 aliphatic rings. The SMILES string of the molecule is CC(CCCN)C(=O)N(C)c1ccccn1. The summed E-state index contributed by atoms with van der Waals surface area (Å²) >= 11 is 0. The van der Waals surface area contributed by atoms with Crippen LogP contribution in [0.1, 0.15) is 19.8 Å². The summed E-state index contributed by atoms with van der Waals surface area (Å²) in [6.45, 7) is 2.56. The second kappa shape index (κ2) is 6.23. The van der Waals surface area contributed by atoms with E-state index in [1.165, 1.54) is 0 Å². The van der Waals surface area contributed by atoms with Crippen molar-refractivity contribution in [1.29, 1.82) is 0 Å². The first-order valence-corrected chi connectivity index (χ1v) is 5.55.